The number of phenolic OH excluding ortho intramolecular Hbond substituents is 1. The van der Waals surface area contributed by atoms with E-state index in [1.165, 1.54) is 6.20 Å². The number of rotatable bonds is 9. The molecule has 0 radical (unpaired) electrons. The van der Waals surface area contributed by atoms with Crippen LogP contribution in [0.4, 0.5) is 11.4 Å². The molecule has 0 saturated carbocycles. The molecule has 5 N–H and O–H groups in total. The third-order valence-electron chi connectivity index (χ3n) is 5.42. The number of anilines is 2. The predicted octanol–water partition coefficient (Wildman–Crippen LogP) is 3.92. The Kier molecular flexibility index (Phi) is 8.36. The number of nitrogens with zero attached hydrogens (tertiary/aromatic N) is 2. The molecule has 1 aliphatic heterocycles. The summed E-state index contributed by atoms with van der Waals surface area (Å²) in [5, 5.41) is 12.9. The normalized spacial score (nSPS) is 14.4. The Balaban J connectivity index is 1.73. The molecule has 2 aromatic carbocycles. The predicted molar refractivity (Wildman–Crippen MR) is 138 cm³/mol. The monoisotopic (exact) mass is 483 g/mol. The van der Waals surface area contributed by atoms with Gasteiger partial charge < -0.3 is 21.1 Å². The van der Waals surface area contributed by atoms with Gasteiger partial charge in [0, 0.05) is 24.5 Å². The maximum atomic E-state index is 12.4. The molecule has 182 valence electrons. The molecule has 0 amide bonds. The molecule has 1 aliphatic rings. The van der Waals surface area contributed by atoms with Gasteiger partial charge in [0.05, 0.1) is 4.90 Å². The minimum absolute atomic E-state index is 0.204. The fourth-order valence-electron chi connectivity index (χ4n) is 3.71. The van der Waals surface area contributed by atoms with Crippen molar-refractivity contribution in [3.63, 3.8) is 0 Å². The van der Waals surface area contributed by atoms with Crippen LogP contribution in [-0.2, 0) is 16.4 Å². The molecule has 0 saturated heterocycles. The first kappa shape index (κ1) is 25.3. The molecular formula is C25H33N5O3S. The number of phenols is 1. The molecular weight excluding hydrogens is 450 g/mol. The van der Waals surface area contributed by atoms with E-state index >= 15 is 0 Å². The average molecular weight is 484 g/mol. The number of hydrogen-bond acceptors (Lipinski definition) is 6. The summed E-state index contributed by atoms with van der Waals surface area (Å²) in [4.78, 5) is 6.85. The van der Waals surface area contributed by atoms with E-state index in [0.717, 1.165) is 37.1 Å². The second kappa shape index (κ2) is 11.2. The zero-order valence-corrected chi connectivity index (χ0v) is 20.5. The number of benzene rings is 2. The van der Waals surface area contributed by atoms with Gasteiger partial charge in [-0.2, -0.15) is 0 Å². The first-order chi connectivity index (χ1) is 16.2. The highest BCUT2D eigenvalue weighted by Crippen LogP contribution is 2.30. The van der Waals surface area contributed by atoms with E-state index in [4.69, 9.17) is 5.73 Å². The van der Waals surface area contributed by atoms with Gasteiger partial charge >= 0.3 is 0 Å². The Morgan fingerprint density at radius 3 is 2.68 bits per heavy atom. The molecule has 8 nitrogen and oxygen atoms in total. The second-order valence-electron chi connectivity index (χ2n) is 8.57. The lowest BCUT2D eigenvalue weighted by Crippen LogP contribution is -2.34. The number of sulfonamides is 1. The number of hydrogen-bond donors (Lipinski definition) is 4. The standard InChI is InChI=1S/C25H33N5O3S/c1-18(2)13-15-27-34(32,33)23-9-6-21(7-10-23)28-19(3)29-25(12-14-26)30-16-4-5-20-17-22(31)8-11-24(20)30/h6-12,14,17-18,27-28,31H,3-5,13,15-16,26H2,1-2H3/b14-12-,29-25+. The van der Waals surface area contributed by atoms with Crippen LogP contribution in [0.25, 0.3) is 0 Å². The molecule has 0 fully saturated rings. The maximum absolute atomic E-state index is 12.4. The summed E-state index contributed by atoms with van der Waals surface area (Å²) in [5.41, 5.74) is 8.35. The molecule has 3 rings (SSSR count). The van der Waals surface area contributed by atoms with Crippen molar-refractivity contribution in [3.05, 3.63) is 72.7 Å². The minimum atomic E-state index is -3.55. The Morgan fingerprint density at radius 1 is 1.26 bits per heavy atom. The fourth-order valence-corrected chi connectivity index (χ4v) is 4.76. The van der Waals surface area contributed by atoms with Crippen LogP contribution in [0.2, 0.25) is 0 Å². The molecule has 0 aromatic heterocycles. The van der Waals surface area contributed by atoms with Gasteiger partial charge in [-0.1, -0.05) is 20.4 Å². The lowest BCUT2D eigenvalue weighted by molar-refractivity contribution is 0.474. The van der Waals surface area contributed by atoms with Crippen LogP contribution in [0.3, 0.4) is 0 Å². The van der Waals surface area contributed by atoms with E-state index in [1.807, 2.05) is 24.8 Å². The summed E-state index contributed by atoms with van der Waals surface area (Å²) in [6.07, 6.45) is 5.69. The van der Waals surface area contributed by atoms with Crippen molar-refractivity contribution in [2.45, 2.75) is 38.0 Å². The molecule has 34 heavy (non-hydrogen) atoms. The van der Waals surface area contributed by atoms with E-state index in [-0.39, 0.29) is 10.6 Å². The van der Waals surface area contributed by atoms with Crippen LogP contribution in [0.1, 0.15) is 32.3 Å². The van der Waals surface area contributed by atoms with E-state index in [9.17, 15) is 13.5 Å². The smallest absolute Gasteiger partial charge is 0.240 e. The molecule has 0 bridgehead atoms. The summed E-state index contributed by atoms with van der Waals surface area (Å²) < 4.78 is 27.5. The van der Waals surface area contributed by atoms with Gasteiger partial charge in [-0.25, -0.2) is 18.1 Å². The highest BCUT2D eigenvalue weighted by molar-refractivity contribution is 7.89. The van der Waals surface area contributed by atoms with Gasteiger partial charge in [-0.3, -0.25) is 0 Å². The van der Waals surface area contributed by atoms with Gasteiger partial charge in [0.25, 0.3) is 0 Å². The Labute approximate surface area is 201 Å². The van der Waals surface area contributed by atoms with Crippen LogP contribution < -0.4 is 20.7 Å². The average Bonchev–Trinajstić information content (AvgIpc) is 2.78. The van der Waals surface area contributed by atoms with Crippen molar-refractivity contribution in [2.75, 3.05) is 23.3 Å². The molecule has 1 heterocycles. The lowest BCUT2D eigenvalue weighted by atomic mass is 10.0. The number of fused-ring (bicyclic) bond motifs is 1. The SMILES string of the molecule is C=C(/N=C(\C=C/N)N1CCCc2cc(O)ccc21)Nc1ccc(S(=O)(=O)NCCC(C)C)cc1. The topological polar surface area (TPSA) is 120 Å². The largest absolute Gasteiger partial charge is 0.508 e. The zero-order chi connectivity index (χ0) is 24.7. The Bertz CT molecular complexity index is 1170. The summed E-state index contributed by atoms with van der Waals surface area (Å²) in [6.45, 7) is 9.25. The number of nitrogens with one attached hydrogen (secondary N) is 2. The van der Waals surface area contributed by atoms with Crippen LogP contribution >= 0.6 is 0 Å². The lowest BCUT2D eigenvalue weighted by Gasteiger charge is -2.31. The molecule has 2 aromatic rings. The third kappa shape index (κ3) is 6.61. The second-order valence-corrected chi connectivity index (χ2v) is 10.3. The van der Waals surface area contributed by atoms with Gasteiger partial charge in [0.2, 0.25) is 10.0 Å². The summed E-state index contributed by atoms with van der Waals surface area (Å²) in [7, 11) is -3.55. The van der Waals surface area contributed by atoms with E-state index in [1.54, 1.807) is 42.5 Å². The van der Waals surface area contributed by atoms with Crippen molar-refractivity contribution in [1.82, 2.24) is 4.72 Å². The first-order valence-electron chi connectivity index (χ1n) is 11.3. The molecule has 0 spiro atoms. The summed E-state index contributed by atoms with van der Waals surface area (Å²) >= 11 is 0. The Hall–Kier alpha value is -3.30. The van der Waals surface area contributed by atoms with Gasteiger partial charge in [0.15, 0.2) is 0 Å². The maximum Gasteiger partial charge on any atom is 0.240 e. The molecule has 0 atom stereocenters. The number of aliphatic imine (C=N–C) groups is 1. The van der Waals surface area contributed by atoms with Crippen molar-refractivity contribution >= 4 is 27.2 Å². The third-order valence-corrected chi connectivity index (χ3v) is 6.90. The fraction of sp³-hybridized carbons (Fsp3) is 0.320. The van der Waals surface area contributed by atoms with Crippen molar-refractivity contribution in [2.24, 2.45) is 16.6 Å². The highest BCUT2D eigenvalue weighted by Gasteiger charge is 2.20. The van der Waals surface area contributed by atoms with Gasteiger partial charge in [0.1, 0.15) is 17.4 Å². The van der Waals surface area contributed by atoms with E-state index < -0.39 is 10.0 Å². The summed E-state index contributed by atoms with van der Waals surface area (Å²) in [6, 6.07) is 11.7. The molecule has 0 aliphatic carbocycles. The van der Waals surface area contributed by atoms with Crippen molar-refractivity contribution in [3.8, 4) is 5.75 Å². The number of amidine groups is 1. The Morgan fingerprint density at radius 2 is 2.00 bits per heavy atom. The number of aryl methyl sites for hydroxylation is 1. The van der Waals surface area contributed by atoms with Gasteiger partial charge in [-0.15, -0.1) is 0 Å². The highest BCUT2D eigenvalue weighted by atomic mass is 32.2. The van der Waals surface area contributed by atoms with Crippen molar-refractivity contribution in [1.29, 1.82) is 0 Å². The molecule has 9 heteroatoms. The number of aromatic hydroxyl groups is 1. The number of nitrogens with two attached hydrogens (primary N) is 1. The van der Waals surface area contributed by atoms with Crippen LogP contribution in [0.5, 0.6) is 5.75 Å². The van der Waals surface area contributed by atoms with E-state index in [0.29, 0.717) is 29.8 Å². The minimum Gasteiger partial charge on any atom is -0.508 e. The molecule has 0 unspecified atom stereocenters. The zero-order valence-electron chi connectivity index (χ0n) is 19.7. The van der Waals surface area contributed by atoms with Gasteiger partial charge in [-0.05, 0) is 85.5 Å². The quantitative estimate of drug-likeness (QED) is 0.317. The first-order valence-corrected chi connectivity index (χ1v) is 12.8. The van der Waals surface area contributed by atoms with Crippen LogP contribution in [0, 0.1) is 5.92 Å². The summed E-state index contributed by atoms with van der Waals surface area (Å²) in [5.74, 6) is 1.65. The van der Waals surface area contributed by atoms with Crippen molar-refractivity contribution < 1.29 is 13.5 Å². The van der Waals surface area contributed by atoms with E-state index in [2.05, 4.69) is 21.6 Å². The van der Waals surface area contributed by atoms with Crippen LogP contribution in [0.15, 0.2) is 77.0 Å². The van der Waals surface area contributed by atoms with Crippen LogP contribution in [-0.4, -0.2) is 32.4 Å².